The first-order chi connectivity index (χ1) is 7.54. The highest BCUT2D eigenvalue weighted by atomic mass is 127. The number of amides is 1. The van der Waals surface area contributed by atoms with Gasteiger partial charge in [-0.1, -0.05) is 6.07 Å². The first-order valence-electron chi connectivity index (χ1n) is 5.26. The first-order valence-corrected chi connectivity index (χ1v) is 6.34. The fraction of sp³-hybridized carbons (Fsp3) is 0.417. The van der Waals surface area contributed by atoms with Crippen LogP contribution in [0.1, 0.15) is 22.8 Å². The Morgan fingerprint density at radius 3 is 2.75 bits per heavy atom. The Kier molecular flexibility index (Phi) is 5.21. The zero-order valence-corrected chi connectivity index (χ0v) is 12.0. The second-order valence-corrected chi connectivity index (χ2v) is 5.03. The van der Waals surface area contributed by atoms with Crippen molar-refractivity contribution in [3.05, 3.63) is 32.9 Å². The molecule has 3 nitrogen and oxygen atoms in total. The van der Waals surface area contributed by atoms with E-state index >= 15 is 0 Å². The number of carbonyl (C=O) groups is 1. The van der Waals surface area contributed by atoms with Crippen LogP contribution in [0.4, 0.5) is 0 Å². The van der Waals surface area contributed by atoms with Crippen LogP contribution in [0.5, 0.6) is 0 Å². The predicted molar refractivity (Wildman–Crippen MR) is 74.8 cm³/mol. The minimum Gasteiger partial charge on any atom is -0.350 e. The smallest absolute Gasteiger partial charge is 0.251 e. The molecule has 0 spiro atoms. The summed E-state index contributed by atoms with van der Waals surface area (Å²) >= 11 is 2.24. The molecule has 0 aromatic heterocycles. The number of rotatable bonds is 4. The summed E-state index contributed by atoms with van der Waals surface area (Å²) in [6.07, 6.45) is 0. The molecule has 0 saturated heterocycles. The maximum Gasteiger partial charge on any atom is 0.251 e. The number of carbonyl (C=O) groups excluding carboxylic acids is 1. The third-order valence-corrected chi connectivity index (χ3v) is 3.66. The normalized spacial score (nSPS) is 12.2. The molecule has 16 heavy (non-hydrogen) atoms. The standard InChI is InChI=1S/C12H17IN2O/c1-8-4-5-10(6-11(8)13)12(16)15-7-9(2)14-3/h4-6,9,14H,7H2,1-3H3,(H,15,16). The van der Waals surface area contributed by atoms with Gasteiger partial charge in [0.15, 0.2) is 0 Å². The van der Waals surface area contributed by atoms with Crippen LogP contribution in [0.15, 0.2) is 18.2 Å². The van der Waals surface area contributed by atoms with Crippen LogP contribution < -0.4 is 10.6 Å². The Labute approximate surface area is 110 Å². The van der Waals surface area contributed by atoms with Crippen LogP contribution in [0, 0.1) is 10.5 Å². The van der Waals surface area contributed by atoms with E-state index in [1.165, 1.54) is 5.56 Å². The molecule has 0 bridgehead atoms. The van der Waals surface area contributed by atoms with E-state index in [9.17, 15) is 4.79 Å². The summed E-state index contributed by atoms with van der Waals surface area (Å²) in [4.78, 5) is 11.8. The van der Waals surface area contributed by atoms with Crippen molar-refractivity contribution in [3.63, 3.8) is 0 Å². The van der Waals surface area contributed by atoms with Gasteiger partial charge < -0.3 is 10.6 Å². The van der Waals surface area contributed by atoms with Gasteiger partial charge in [-0.3, -0.25) is 4.79 Å². The highest BCUT2D eigenvalue weighted by Gasteiger charge is 2.07. The molecule has 0 fully saturated rings. The Bertz CT molecular complexity index is 379. The van der Waals surface area contributed by atoms with Gasteiger partial charge in [0.05, 0.1) is 0 Å². The van der Waals surface area contributed by atoms with Gasteiger partial charge in [0.2, 0.25) is 0 Å². The van der Waals surface area contributed by atoms with Gasteiger partial charge in [-0.2, -0.15) is 0 Å². The number of hydrogen-bond acceptors (Lipinski definition) is 2. The van der Waals surface area contributed by atoms with Gasteiger partial charge in [0, 0.05) is 21.7 Å². The molecular formula is C12H17IN2O. The molecule has 4 heteroatoms. The van der Waals surface area contributed by atoms with Crippen molar-refractivity contribution in [3.8, 4) is 0 Å². The van der Waals surface area contributed by atoms with E-state index in [4.69, 9.17) is 0 Å². The average molecular weight is 332 g/mol. The number of benzene rings is 1. The third-order valence-electron chi connectivity index (χ3n) is 2.50. The van der Waals surface area contributed by atoms with Gasteiger partial charge in [0.1, 0.15) is 0 Å². The summed E-state index contributed by atoms with van der Waals surface area (Å²) in [5.41, 5.74) is 1.92. The maximum absolute atomic E-state index is 11.8. The molecule has 0 aliphatic carbocycles. The Morgan fingerprint density at radius 2 is 2.19 bits per heavy atom. The van der Waals surface area contributed by atoms with Crippen LogP contribution in [0.2, 0.25) is 0 Å². The number of halogens is 1. The van der Waals surface area contributed by atoms with Gasteiger partial charge in [-0.15, -0.1) is 0 Å². The number of likely N-dealkylation sites (N-methyl/N-ethyl adjacent to an activating group) is 1. The van der Waals surface area contributed by atoms with Crippen molar-refractivity contribution in [1.29, 1.82) is 0 Å². The number of aryl methyl sites for hydroxylation is 1. The molecule has 0 saturated carbocycles. The van der Waals surface area contributed by atoms with Crippen LogP contribution in [0.25, 0.3) is 0 Å². The summed E-state index contributed by atoms with van der Waals surface area (Å²) in [6, 6.07) is 6.03. The average Bonchev–Trinajstić information content (AvgIpc) is 2.29. The maximum atomic E-state index is 11.8. The summed E-state index contributed by atoms with van der Waals surface area (Å²) in [7, 11) is 1.88. The molecule has 0 heterocycles. The van der Waals surface area contributed by atoms with Crippen LogP contribution in [-0.2, 0) is 0 Å². The van der Waals surface area contributed by atoms with Gasteiger partial charge >= 0.3 is 0 Å². The van der Waals surface area contributed by atoms with E-state index in [0.717, 1.165) is 9.13 Å². The molecule has 1 amide bonds. The first kappa shape index (κ1) is 13.4. The largest absolute Gasteiger partial charge is 0.350 e. The summed E-state index contributed by atoms with van der Waals surface area (Å²) < 4.78 is 1.12. The van der Waals surface area contributed by atoms with Crippen molar-refractivity contribution in [1.82, 2.24) is 10.6 Å². The van der Waals surface area contributed by atoms with E-state index in [-0.39, 0.29) is 11.9 Å². The molecule has 2 N–H and O–H groups in total. The molecular weight excluding hydrogens is 315 g/mol. The Balaban J connectivity index is 2.63. The zero-order chi connectivity index (χ0) is 12.1. The molecule has 0 aliphatic heterocycles. The second-order valence-electron chi connectivity index (χ2n) is 3.86. The summed E-state index contributed by atoms with van der Waals surface area (Å²) in [5, 5.41) is 5.97. The van der Waals surface area contributed by atoms with E-state index < -0.39 is 0 Å². The molecule has 0 radical (unpaired) electrons. The van der Waals surface area contributed by atoms with Crippen molar-refractivity contribution in [2.75, 3.05) is 13.6 Å². The van der Waals surface area contributed by atoms with E-state index in [2.05, 4.69) is 33.2 Å². The van der Waals surface area contributed by atoms with Gasteiger partial charge in [0.25, 0.3) is 5.91 Å². The molecule has 0 aliphatic rings. The lowest BCUT2D eigenvalue weighted by atomic mass is 10.1. The zero-order valence-electron chi connectivity index (χ0n) is 9.80. The lowest BCUT2D eigenvalue weighted by molar-refractivity contribution is 0.0950. The topological polar surface area (TPSA) is 41.1 Å². The van der Waals surface area contributed by atoms with E-state index in [0.29, 0.717) is 6.54 Å². The molecule has 1 unspecified atom stereocenters. The van der Waals surface area contributed by atoms with Crippen molar-refractivity contribution >= 4 is 28.5 Å². The van der Waals surface area contributed by atoms with Crippen LogP contribution in [-0.4, -0.2) is 25.5 Å². The second kappa shape index (κ2) is 6.20. The van der Waals surface area contributed by atoms with Crippen LogP contribution in [0.3, 0.4) is 0 Å². The van der Waals surface area contributed by atoms with Crippen LogP contribution >= 0.6 is 22.6 Å². The molecule has 1 aromatic rings. The fourth-order valence-electron chi connectivity index (χ4n) is 1.18. The van der Waals surface area contributed by atoms with Gasteiger partial charge in [-0.25, -0.2) is 0 Å². The Morgan fingerprint density at radius 1 is 1.50 bits per heavy atom. The number of nitrogens with one attached hydrogen (secondary N) is 2. The summed E-state index contributed by atoms with van der Waals surface area (Å²) in [6.45, 7) is 4.70. The predicted octanol–water partition coefficient (Wildman–Crippen LogP) is 1.94. The molecule has 1 atom stereocenters. The highest BCUT2D eigenvalue weighted by molar-refractivity contribution is 14.1. The molecule has 1 rings (SSSR count). The lowest BCUT2D eigenvalue weighted by Crippen LogP contribution is -2.37. The highest BCUT2D eigenvalue weighted by Crippen LogP contribution is 2.13. The van der Waals surface area contributed by atoms with Crippen molar-refractivity contribution in [2.24, 2.45) is 0 Å². The minimum absolute atomic E-state index is 0.0139. The third kappa shape index (κ3) is 3.75. The summed E-state index contributed by atoms with van der Waals surface area (Å²) in [5.74, 6) is -0.0139. The Hall–Kier alpha value is -0.620. The monoisotopic (exact) mass is 332 g/mol. The lowest BCUT2D eigenvalue weighted by Gasteiger charge is -2.11. The SMILES string of the molecule is CNC(C)CNC(=O)c1ccc(C)c(I)c1. The number of hydrogen-bond donors (Lipinski definition) is 2. The van der Waals surface area contributed by atoms with Crippen molar-refractivity contribution in [2.45, 2.75) is 19.9 Å². The van der Waals surface area contributed by atoms with E-state index in [1.54, 1.807) is 0 Å². The quantitative estimate of drug-likeness (QED) is 0.828. The molecule has 88 valence electrons. The van der Waals surface area contributed by atoms with Gasteiger partial charge in [-0.05, 0) is 61.2 Å². The van der Waals surface area contributed by atoms with Crippen molar-refractivity contribution < 1.29 is 4.79 Å². The molecule has 1 aromatic carbocycles. The minimum atomic E-state index is -0.0139. The van der Waals surface area contributed by atoms with E-state index in [1.807, 2.05) is 39.1 Å². The fourth-order valence-corrected chi connectivity index (χ4v) is 1.70.